The molecule has 1 aliphatic heterocycles. The monoisotopic (exact) mass is 240 g/mol. The van der Waals surface area contributed by atoms with Crippen LogP contribution in [0.1, 0.15) is 32.6 Å². The topological polar surface area (TPSA) is 52.6 Å². The first kappa shape index (κ1) is 12.8. The van der Waals surface area contributed by atoms with Crippen LogP contribution in [0.5, 0.6) is 0 Å². The molecule has 0 bridgehead atoms. The molecule has 0 radical (unpaired) electrons. The lowest BCUT2D eigenvalue weighted by Crippen LogP contribution is -2.54. The molecule has 4 nitrogen and oxygen atoms in total. The van der Waals surface area contributed by atoms with Gasteiger partial charge in [-0.2, -0.15) is 0 Å². The van der Waals surface area contributed by atoms with Gasteiger partial charge in [0.25, 0.3) is 0 Å². The number of carboxylic acid groups (broad SMARTS) is 1. The molecule has 2 aliphatic rings. The Hall–Kier alpha value is -0.610. The summed E-state index contributed by atoms with van der Waals surface area (Å²) >= 11 is 0. The van der Waals surface area contributed by atoms with Gasteiger partial charge in [-0.3, -0.25) is 9.69 Å². The average molecular weight is 240 g/mol. The smallest absolute Gasteiger partial charge is 0.321 e. The van der Waals surface area contributed by atoms with Gasteiger partial charge in [-0.1, -0.05) is 19.8 Å². The van der Waals surface area contributed by atoms with E-state index in [0.29, 0.717) is 11.8 Å². The highest BCUT2D eigenvalue weighted by Crippen LogP contribution is 2.33. The fraction of sp³-hybridized carbons (Fsp3) is 0.923. The Labute approximate surface area is 103 Å². The van der Waals surface area contributed by atoms with Crippen molar-refractivity contribution in [2.75, 3.05) is 26.2 Å². The zero-order valence-electron chi connectivity index (χ0n) is 10.7. The highest BCUT2D eigenvalue weighted by atomic mass is 16.4. The van der Waals surface area contributed by atoms with E-state index in [9.17, 15) is 9.90 Å². The second kappa shape index (κ2) is 5.83. The quantitative estimate of drug-likeness (QED) is 0.777. The molecule has 2 rings (SSSR count). The van der Waals surface area contributed by atoms with E-state index in [1.165, 1.54) is 12.8 Å². The van der Waals surface area contributed by atoms with Gasteiger partial charge in [-0.15, -0.1) is 0 Å². The molecule has 0 aromatic carbocycles. The standard InChI is InChI=1S/C13H24N2O2/c1-10-3-2-4-11(9-10)12(13(16)17)15-7-5-14-6-8-15/h10-12,14H,2-9H2,1H3,(H,16,17). The molecule has 98 valence electrons. The Balaban J connectivity index is 2.02. The summed E-state index contributed by atoms with van der Waals surface area (Å²) in [6.45, 7) is 5.85. The van der Waals surface area contributed by atoms with Gasteiger partial charge in [0.2, 0.25) is 0 Å². The molecule has 1 saturated heterocycles. The molecular formula is C13H24N2O2. The molecule has 4 heteroatoms. The van der Waals surface area contributed by atoms with Gasteiger partial charge in [0.05, 0.1) is 0 Å². The minimum Gasteiger partial charge on any atom is -0.480 e. The molecule has 17 heavy (non-hydrogen) atoms. The van der Waals surface area contributed by atoms with Crippen molar-refractivity contribution in [3.63, 3.8) is 0 Å². The number of hydrogen-bond donors (Lipinski definition) is 2. The third-order valence-electron chi connectivity index (χ3n) is 4.22. The summed E-state index contributed by atoms with van der Waals surface area (Å²) in [7, 11) is 0. The molecule has 1 heterocycles. The predicted molar refractivity (Wildman–Crippen MR) is 67.0 cm³/mol. The summed E-state index contributed by atoms with van der Waals surface area (Å²) in [5, 5.41) is 12.8. The summed E-state index contributed by atoms with van der Waals surface area (Å²) in [6.07, 6.45) is 4.64. The minimum absolute atomic E-state index is 0.250. The second-order valence-corrected chi connectivity index (χ2v) is 5.60. The number of aliphatic carboxylic acids is 1. The normalized spacial score (nSPS) is 33.2. The van der Waals surface area contributed by atoms with Gasteiger partial charge >= 0.3 is 5.97 Å². The van der Waals surface area contributed by atoms with Crippen LogP contribution in [-0.2, 0) is 4.79 Å². The van der Waals surface area contributed by atoms with Gasteiger partial charge in [0, 0.05) is 26.2 Å². The summed E-state index contributed by atoms with van der Waals surface area (Å²) in [5.74, 6) is 0.430. The van der Waals surface area contributed by atoms with E-state index in [2.05, 4.69) is 17.1 Å². The van der Waals surface area contributed by atoms with E-state index in [0.717, 1.165) is 39.0 Å². The van der Waals surface area contributed by atoms with Crippen LogP contribution in [0.25, 0.3) is 0 Å². The molecule has 3 unspecified atom stereocenters. The first-order valence-electron chi connectivity index (χ1n) is 6.86. The third kappa shape index (κ3) is 3.19. The van der Waals surface area contributed by atoms with Gasteiger partial charge in [-0.05, 0) is 24.7 Å². The zero-order chi connectivity index (χ0) is 12.3. The molecule has 0 spiro atoms. The largest absolute Gasteiger partial charge is 0.480 e. The van der Waals surface area contributed by atoms with E-state index >= 15 is 0 Å². The molecular weight excluding hydrogens is 216 g/mol. The Kier molecular flexibility index (Phi) is 4.40. The second-order valence-electron chi connectivity index (χ2n) is 5.60. The Morgan fingerprint density at radius 3 is 2.65 bits per heavy atom. The lowest BCUT2D eigenvalue weighted by Gasteiger charge is -2.39. The van der Waals surface area contributed by atoms with Crippen molar-refractivity contribution in [3.8, 4) is 0 Å². The van der Waals surface area contributed by atoms with Crippen LogP contribution < -0.4 is 5.32 Å². The Bertz CT molecular complexity index is 264. The number of rotatable bonds is 3. The molecule has 1 saturated carbocycles. The van der Waals surface area contributed by atoms with Crippen molar-refractivity contribution in [2.45, 2.75) is 38.6 Å². The number of nitrogens with zero attached hydrogens (tertiary/aromatic N) is 1. The van der Waals surface area contributed by atoms with Crippen molar-refractivity contribution in [1.29, 1.82) is 0 Å². The lowest BCUT2D eigenvalue weighted by molar-refractivity contribution is -0.146. The summed E-state index contributed by atoms with van der Waals surface area (Å²) < 4.78 is 0. The highest BCUT2D eigenvalue weighted by molar-refractivity contribution is 5.74. The van der Waals surface area contributed by atoms with E-state index < -0.39 is 5.97 Å². The van der Waals surface area contributed by atoms with Crippen molar-refractivity contribution in [3.05, 3.63) is 0 Å². The van der Waals surface area contributed by atoms with E-state index in [4.69, 9.17) is 0 Å². The maximum Gasteiger partial charge on any atom is 0.321 e. The predicted octanol–water partition coefficient (Wildman–Crippen LogP) is 1.17. The van der Waals surface area contributed by atoms with Gasteiger partial charge < -0.3 is 10.4 Å². The Morgan fingerprint density at radius 2 is 2.06 bits per heavy atom. The highest BCUT2D eigenvalue weighted by Gasteiger charge is 2.36. The Morgan fingerprint density at radius 1 is 1.35 bits per heavy atom. The number of hydrogen-bond acceptors (Lipinski definition) is 3. The number of nitrogens with one attached hydrogen (secondary N) is 1. The van der Waals surface area contributed by atoms with Crippen molar-refractivity contribution >= 4 is 5.97 Å². The van der Waals surface area contributed by atoms with Crippen LogP contribution in [0.3, 0.4) is 0 Å². The average Bonchev–Trinajstić information content (AvgIpc) is 2.30. The summed E-state index contributed by atoms with van der Waals surface area (Å²) in [4.78, 5) is 13.7. The third-order valence-corrected chi connectivity index (χ3v) is 4.22. The molecule has 0 aromatic heterocycles. The van der Waals surface area contributed by atoms with E-state index in [1.54, 1.807) is 0 Å². The van der Waals surface area contributed by atoms with Crippen LogP contribution in [0.15, 0.2) is 0 Å². The maximum atomic E-state index is 11.5. The van der Waals surface area contributed by atoms with E-state index in [-0.39, 0.29) is 6.04 Å². The maximum absolute atomic E-state index is 11.5. The number of carboxylic acids is 1. The molecule has 3 atom stereocenters. The SMILES string of the molecule is CC1CCCC(C(C(=O)O)N2CCNCC2)C1. The van der Waals surface area contributed by atoms with Gasteiger partial charge in [-0.25, -0.2) is 0 Å². The fourth-order valence-electron chi connectivity index (χ4n) is 3.38. The van der Waals surface area contributed by atoms with Crippen LogP contribution >= 0.6 is 0 Å². The van der Waals surface area contributed by atoms with Crippen molar-refractivity contribution < 1.29 is 9.90 Å². The van der Waals surface area contributed by atoms with Crippen LogP contribution in [0.2, 0.25) is 0 Å². The summed E-state index contributed by atoms with van der Waals surface area (Å²) in [5.41, 5.74) is 0. The fourth-order valence-corrected chi connectivity index (χ4v) is 3.38. The molecule has 2 fully saturated rings. The van der Waals surface area contributed by atoms with Gasteiger partial charge in [0.15, 0.2) is 0 Å². The van der Waals surface area contributed by atoms with Gasteiger partial charge in [0.1, 0.15) is 6.04 Å². The first-order valence-corrected chi connectivity index (χ1v) is 6.86. The number of carbonyl (C=O) groups is 1. The van der Waals surface area contributed by atoms with Crippen molar-refractivity contribution in [2.24, 2.45) is 11.8 Å². The number of piperazine rings is 1. The van der Waals surface area contributed by atoms with Crippen molar-refractivity contribution in [1.82, 2.24) is 10.2 Å². The van der Waals surface area contributed by atoms with E-state index in [1.807, 2.05) is 0 Å². The molecule has 2 N–H and O–H groups in total. The zero-order valence-corrected chi connectivity index (χ0v) is 10.7. The van der Waals surface area contributed by atoms with Crippen LogP contribution in [-0.4, -0.2) is 48.2 Å². The minimum atomic E-state index is -0.619. The molecule has 1 aliphatic carbocycles. The van der Waals surface area contributed by atoms with Crippen LogP contribution in [0, 0.1) is 11.8 Å². The molecule has 0 amide bonds. The molecule has 0 aromatic rings. The lowest BCUT2D eigenvalue weighted by atomic mass is 9.78. The van der Waals surface area contributed by atoms with Crippen LogP contribution in [0.4, 0.5) is 0 Å². The first-order chi connectivity index (χ1) is 8.18. The summed E-state index contributed by atoms with van der Waals surface area (Å²) in [6, 6.07) is -0.250.